The standard InChI is InChI=1S/C20H32N4O2/c1-4-8-21-19(25)14-23-9-11-24(12-10-23)15-20(26)22-18-7-5-6-17(13-18)16(2)3/h5-7,13,16H,4,8-12,14-15H2,1-3H3,(H,21,25)(H,22,26). The molecule has 2 rings (SSSR count). The molecule has 0 aliphatic carbocycles. The zero-order valence-corrected chi connectivity index (χ0v) is 16.3. The first-order valence-corrected chi connectivity index (χ1v) is 9.59. The van der Waals surface area contributed by atoms with Crippen molar-refractivity contribution in [2.75, 3.05) is 51.1 Å². The second-order valence-corrected chi connectivity index (χ2v) is 7.23. The molecule has 1 heterocycles. The first-order valence-electron chi connectivity index (χ1n) is 9.59. The number of rotatable bonds is 8. The summed E-state index contributed by atoms with van der Waals surface area (Å²) in [6.07, 6.45) is 0.953. The summed E-state index contributed by atoms with van der Waals surface area (Å²) in [6, 6.07) is 8.02. The van der Waals surface area contributed by atoms with E-state index in [9.17, 15) is 9.59 Å². The van der Waals surface area contributed by atoms with Gasteiger partial charge in [0.2, 0.25) is 11.8 Å². The lowest BCUT2D eigenvalue weighted by Gasteiger charge is -2.33. The van der Waals surface area contributed by atoms with Crippen LogP contribution in [0.1, 0.15) is 38.7 Å². The molecule has 0 spiro atoms. The fraction of sp³-hybridized carbons (Fsp3) is 0.600. The number of nitrogens with one attached hydrogen (secondary N) is 2. The van der Waals surface area contributed by atoms with Crippen molar-refractivity contribution in [3.05, 3.63) is 29.8 Å². The van der Waals surface area contributed by atoms with Gasteiger partial charge in [-0.25, -0.2) is 0 Å². The Morgan fingerprint density at radius 1 is 1.04 bits per heavy atom. The average Bonchev–Trinajstić information content (AvgIpc) is 2.61. The van der Waals surface area contributed by atoms with Gasteiger partial charge in [0, 0.05) is 38.4 Å². The van der Waals surface area contributed by atoms with E-state index in [1.54, 1.807) is 0 Å². The number of nitrogens with zero attached hydrogens (tertiary/aromatic N) is 2. The van der Waals surface area contributed by atoms with E-state index in [1.807, 2.05) is 25.1 Å². The first-order chi connectivity index (χ1) is 12.5. The molecule has 1 aliphatic rings. The van der Waals surface area contributed by atoms with Crippen LogP contribution < -0.4 is 10.6 Å². The zero-order valence-electron chi connectivity index (χ0n) is 16.3. The molecule has 6 nitrogen and oxygen atoms in total. The van der Waals surface area contributed by atoms with Crippen LogP contribution in [0.2, 0.25) is 0 Å². The molecule has 1 aromatic carbocycles. The number of anilines is 1. The van der Waals surface area contributed by atoms with E-state index in [0.29, 0.717) is 19.0 Å². The van der Waals surface area contributed by atoms with Crippen molar-refractivity contribution in [2.24, 2.45) is 0 Å². The van der Waals surface area contributed by atoms with Gasteiger partial charge in [-0.1, -0.05) is 32.9 Å². The van der Waals surface area contributed by atoms with Gasteiger partial charge in [-0.15, -0.1) is 0 Å². The summed E-state index contributed by atoms with van der Waals surface area (Å²) in [5.74, 6) is 0.539. The van der Waals surface area contributed by atoms with E-state index < -0.39 is 0 Å². The summed E-state index contributed by atoms with van der Waals surface area (Å²) in [5.41, 5.74) is 2.07. The number of benzene rings is 1. The van der Waals surface area contributed by atoms with Crippen LogP contribution in [0.15, 0.2) is 24.3 Å². The van der Waals surface area contributed by atoms with Crippen LogP contribution in [0.5, 0.6) is 0 Å². The van der Waals surface area contributed by atoms with Crippen LogP contribution in [0, 0.1) is 0 Å². The molecule has 0 aromatic heterocycles. The van der Waals surface area contributed by atoms with E-state index in [0.717, 1.165) is 44.8 Å². The molecule has 1 aliphatic heterocycles. The van der Waals surface area contributed by atoms with Gasteiger partial charge in [0.25, 0.3) is 0 Å². The van der Waals surface area contributed by atoms with Crippen LogP contribution in [0.3, 0.4) is 0 Å². The maximum Gasteiger partial charge on any atom is 0.238 e. The largest absolute Gasteiger partial charge is 0.355 e. The Balaban J connectivity index is 1.72. The molecule has 0 saturated carbocycles. The first kappa shape index (κ1) is 20.4. The van der Waals surface area contributed by atoms with Crippen LogP contribution in [0.25, 0.3) is 0 Å². The van der Waals surface area contributed by atoms with Crippen molar-refractivity contribution >= 4 is 17.5 Å². The fourth-order valence-electron chi connectivity index (χ4n) is 3.01. The van der Waals surface area contributed by atoms with Crippen molar-refractivity contribution < 1.29 is 9.59 Å². The molecule has 0 unspecified atom stereocenters. The van der Waals surface area contributed by atoms with Gasteiger partial charge < -0.3 is 10.6 Å². The summed E-state index contributed by atoms with van der Waals surface area (Å²) in [6.45, 7) is 11.1. The second kappa shape index (κ2) is 10.3. The highest BCUT2D eigenvalue weighted by atomic mass is 16.2. The Morgan fingerprint density at radius 2 is 1.65 bits per heavy atom. The van der Waals surface area contributed by atoms with Crippen molar-refractivity contribution in [1.82, 2.24) is 15.1 Å². The molecule has 0 radical (unpaired) electrons. The summed E-state index contributed by atoms with van der Waals surface area (Å²) in [5, 5.41) is 5.90. The number of carbonyl (C=O) groups is 2. The third-order valence-electron chi connectivity index (χ3n) is 4.61. The normalized spacial score (nSPS) is 15.8. The molecule has 2 amide bonds. The highest BCUT2D eigenvalue weighted by molar-refractivity contribution is 5.92. The Labute approximate surface area is 156 Å². The maximum absolute atomic E-state index is 12.3. The number of piperazine rings is 1. The molecule has 144 valence electrons. The van der Waals surface area contributed by atoms with Crippen molar-refractivity contribution in [1.29, 1.82) is 0 Å². The summed E-state index contributed by atoms with van der Waals surface area (Å²) in [4.78, 5) is 28.4. The Hall–Kier alpha value is -1.92. The molecule has 6 heteroatoms. The summed E-state index contributed by atoms with van der Waals surface area (Å²) >= 11 is 0. The third-order valence-corrected chi connectivity index (χ3v) is 4.61. The molecule has 1 aromatic rings. The minimum Gasteiger partial charge on any atom is -0.355 e. The van der Waals surface area contributed by atoms with E-state index in [1.165, 1.54) is 5.56 Å². The van der Waals surface area contributed by atoms with Crippen LogP contribution in [0.4, 0.5) is 5.69 Å². The predicted molar refractivity (Wildman–Crippen MR) is 105 cm³/mol. The van der Waals surface area contributed by atoms with Crippen molar-refractivity contribution in [2.45, 2.75) is 33.1 Å². The number of amides is 2. The molecule has 1 fully saturated rings. The Bertz CT molecular complexity index is 595. The van der Waals surface area contributed by atoms with Gasteiger partial charge in [0.1, 0.15) is 0 Å². The van der Waals surface area contributed by atoms with Crippen LogP contribution in [-0.4, -0.2) is 67.4 Å². The fourth-order valence-corrected chi connectivity index (χ4v) is 3.01. The number of carbonyl (C=O) groups excluding carboxylic acids is 2. The molecular formula is C20H32N4O2. The highest BCUT2D eigenvalue weighted by Crippen LogP contribution is 2.18. The predicted octanol–water partition coefficient (Wildman–Crippen LogP) is 1.89. The van der Waals surface area contributed by atoms with Gasteiger partial charge in [-0.3, -0.25) is 19.4 Å². The lowest BCUT2D eigenvalue weighted by atomic mass is 10.0. The third kappa shape index (κ3) is 6.77. The number of hydrogen-bond acceptors (Lipinski definition) is 4. The Kier molecular flexibility index (Phi) is 8.06. The van der Waals surface area contributed by atoms with Gasteiger partial charge in [0.05, 0.1) is 13.1 Å². The molecule has 1 saturated heterocycles. The Morgan fingerprint density at radius 3 is 2.23 bits per heavy atom. The molecular weight excluding hydrogens is 328 g/mol. The van der Waals surface area contributed by atoms with Gasteiger partial charge in [-0.05, 0) is 30.0 Å². The minimum atomic E-state index is 0.0139. The van der Waals surface area contributed by atoms with E-state index >= 15 is 0 Å². The van der Waals surface area contributed by atoms with Crippen molar-refractivity contribution in [3.63, 3.8) is 0 Å². The summed E-state index contributed by atoms with van der Waals surface area (Å²) < 4.78 is 0. The average molecular weight is 361 g/mol. The minimum absolute atomic E-state index is 0.0139. The van der Waals surface area contributed by atoms with E-state index in [4.69, 9.17) is 0 Å². The smallest absolute Gasteiger partial charge is 0.238 e. The second-order valence-electron chi connectivity index (χ2n) is 7.23. The molecule has 26 heavy (non-hydrogen) atoms. The SMILES string of the molecule is CCCNC(=O)CN1CCN(CC(=O)Nc2cccc(C(C)C)c2)CC1. The quantitative estimate of drug-likeness (QED) is 0.743. The zero-order chi connectivity index (χ0) is 18.9. The number of hydrogen-bond donors (Lipinski definition) is 2. The summed E-state index contributed by atoms with van der Waals surface area (Å²) in [7, 11) is 0. The van der Waals surface area contributed by atoms with Gasteiger partial charge in [0.15, 0.2) is 0 Å². The van der Waals surface area contributed by atoms with Gasteiger partial charge in [-0.2, -0.15) is 0 Å². The molecule has 0 atom stereocenters. The topological polar surface area (TPSA) is 64.7 Å². The monoisotopic (exact) mass is 360 g/mol. The van der Waals surface area contributed by atoms with E-state index in [2.05, 4.69) is 40.3 Å². The molecule has 0 bridgehead atoms. The van der Waals surface area contributed by atoms with Crippen LogP contribution >= 0.6 is 0 Å². The lowest BCUT2D eigenvalue weighted by molar-refractivity contribution is -0.123. The molecule has 2 N–H and O–H groups in total. The lowest BCUT2D eigenvalue weighted by Crippen LogP contribution is -2.51. The van der Waals surface area contributed by atoms with E-state index in [-0.39, 0.29) is 11.8 Å². The van der Waals surface area contributed by atoms with Gasteiger partial charge >= 0.3 is 0 Å². The van der Waals surface area contributed by atoms with Crippen LogP contribution in [-0.2, 0) is 9.59 Å². The van der Waals surface area contributed by atoms with Crippen molar-refractivity contribution in [3.8, 4) is 0 Å². The highest BCUT2D eigenvalue weighted by Gasteiger charge is 2.20. The maximum atomic E-state index is 12.3.